The smallest absolute Gasteiger partial charge is 0.397 e. The van der Waals surface area contributed by atoms with Crippen LogP contribution in [0.5, 0.6) is 0 Å². The van der Waals surface area contributed by atoms with Crippen LogP contribution in [0.4, 0.5) is 18.9 Å². The van der Waals surface area contributed by atoms with Gasteiger partial charge in [0.25, 0.3) is 5.91 Å². The van der Waals surface area contributed by atoms with E-state index >= 15 is 0 Å². The number of benzene rings is 1. The summed E-state index contributed by atoms with van der Waals surface area (Å²) in [5.74, 6) is -0.992. The number of hydrogen-bond acceptors (Lipinski definition) is 5. The van der Waals surface area contributed by atoms with Crippen LogP contribution in [-0.4, -0.2) is 15.9 Å². The highest BCUT2D eigenvalue weighted by atomic mass is 19.4. The van der Waals surface area contributed by atoms with Gasteiger partial charge in [-0.05, 0) is 50.6 Å². The molecule has 0 saturated carbocycles. The van der Waals surface area contributed by atoms with Crippen LogP contribution in [0, 0.1) is 17.2 Å². The minimum Gasteiger partial charge on any atom is -0.397 e. The average molecular weight is 427 g/mol. The Morgan fingerprint density at radius 1 is 1.26 bits per heavy atom. The van der Waals surface area contributed by atoms with Gasteiger partial charge >= 0.3 is 6.18 Å². The molecule has 0 bridgehead atoms. The molecule has 0 aliphatic carbocycles. The number of nitriles is 1. The van der Waals surface area contributed by atoms with Gasteiger partial charge in [0, 0.05) is 29.3 Å². The highest BCUT2D eigenvalue weighted by molar-refractivity contribution is 5.98. The van der Waals surface area contributed by atoms with Crippen LogP contribution in [-0.2, 0) is 11.7 Å². The first-order chi connectivity index (χ1) is 14.5. The summed E-state index contributed by atoms with van der Waals surface area (Å²) in [5, 5.41) is 12.8. The molecule has 3 rings (SSSR count). The van der Waals surface area contributed by atoms with Crippen molar-refractivity contribution in [1.82, 2.24) is 15.3 Å². The summed E-state index contributed by atoms with van der Waals surface area (Å²) >= 11 is 0. The molecule has 2 aromatic heterocycles. The first kappa shape index (κ1) is 22.0. The number of nitrogen functional groups attached to an aromatic ring is 1. The maximum atomic E-state index is 13.0. The maximum absolute atomic E-state index is 13.0. The van der Waals surface area contributed by atoms with E-state index in [-0.39, 0.29) is 17.8 Å². The van der Waals surface area contributed by atoms with E-state index in [2.05, 4.69) is 21.4 Å². The van der Waals surface area contributed by atoms with Crippen LogP contribution in [0.15, 0.2) is 48.8 Å². The molecule has 0 fully saturated rings. The molecule has 0 aliphatic rings. The molecular weight excluding hydrogens is 407 g/mol. The zero-order valence-electron chi connectivity index (χ0n) is 16.9. The van der Waals surface area contributed by atoms with E-state index in [0.717, 1.165) is 11.5 Å². The van der Waals surface area contributed by atoms with E-state index in [1.165, 1.54) is 0 Å². The molecular formula is C22H20F3N5O. The fraction of sp³-hybridized carbons (Fsp3) is 0.273. The number of hydrogen-bond donors (Lipinski definition) is 2. The largest absolute Gasteiger partial charge is 0.417 e. The normalized spacial score (nSPS) is 14.5. The predicted molar refractivity (Wildman–Crippen MR) is 110 cm³/mol. The number of nitrogens with zero attached hydrogens (tertiary/aromatic N) is 3. The maximum Gasteiger partial charge on any atom is 0.417 e. The number of carbonyl (C=O) groups is 1. The molecule has 6 nitrogen and oxygen atoms in total. The van der Waals surface area contributed by atoms with Crippen molar-refractivity contribution in [2.24, 2.45) is 5.92 Å². The van der Waals surface area contributed by atoms with Crippen molar-refractivity contribution >= 4 is 22.5 Å². The van der Waals surface area contributed by atoms with Crippen LogP contribution in [0.3, 0.4) is 0 Å². The van der Waals surface area contributed by atoms with Gasteiger partial charge in [-0.15, -0.1) is 0 Å². The van der Waals surface area contributed by atoms with Gasteiger partial charge in [0.15, 0.2) is 0 Å². The molecule has 2 atom stereocenters. The lowest BCUT2D eigenvalue weighted by molar-refractivity contribution is -0.137. The Balaban J connectivity index is 1.99. The summed E-state index contributed by atoms with van der Waals surface area (Å²) < 4.78 is 39.0. The lowest BCUT2D eigenvalue weighted by atomic mass is 9.85. The van der Waals surface area contributed by atoms with Crippen LogP contribution < -0.4 is 11.1 Å². The number of amides is 1. The SMILES string of the molecule is CC(C#N)CC(C)(NC(=O)c1ccc2ncccc2c1)c1ncc(C(F)(F)F)cc1N. The molecule has 1 aromatic carbocycles. The van der Waals surface area contributed by atoms with E-state index in [9.17, 15) is 23.2 Å². The van der Waals surface area contributed by atoms with Crippen LogP contribution in [0.1, 0.15) is 41.9 Å². The number of pyridine rings is 2. The Kier molecular flexibility index (Phi) is 5.84. The van der Waals surface area contributed by atoms with E-state index in [4.69, 9.17) is 5.73 Å². The highest BCUT2D eigenvalue weighted by Gasteiger charge is 2.37. The first-order valence-electron chi connectivity index (χ1n) is 9.43. The quantitative estimate of drug-likeness (QED) is 0.627. The number of fused-ring (bicyclic) bond motifs is 1. The summed E-state index contributed by atoms with van der Waals surface area (Å²) in [7, 11) is 0. The number of nitrogens with one attached hydrogen (secondary N) is 1. The minimum atomic E-state index is -4.60. The second kappa shape index (κ2) is 8.22. The van der Waals surface area contributed by atoms with Crippen molar-refractivity contribution in [3.8, 4) is 6.07 Å². The van der Waals surface area contributed by atoms with Crippen LogP contribution >= 0.6 is 0 Å². The lowest BCUT2D eigenvalue weighted by Gasteiger charge is -2.32. The van der Waals surface area contributed by atoms with Crippen molar-refractivity contribution in [1.29, 1.82) is 5.26 Å². The Morgan fingerprint density at radius 3 is 2.65 bits per heavy atom. The Hall–Kier alpha value is -3.67. The molecule has 160 valence electrons. The van der Waals surface area contributed by atoms with Gasteiger partial charge in [-0.3, -0.25) is 14.8 Å². The molecule has 9 heteroatoms. The van der Waals surface area contributed by atoms with Gasteiger partial charge in [0.1, 0.15) is 0 Å². The van der Waals surface area contributed by atoms with Gasteiger partial charge in [-0.25, -0.2) is 0 Å². The standard InChI is InChI=1S/C22H20F3N5O/c1-13(11-26)10-21(2,19-17(27)9-16(12-29-19)22(23,24)25)30-20(31)15-5-6-18-14(8-15)4-3-7-28-18/h3-9,12-13H,10,27H2,1-2H3,(H,30,31). The van der Waals surface area contributed by atoms with E-state index in [1.54, 1.807) is 44.3 Å². The molecule has 0 radical (unpaired) electrons. The molecule has 2 heterocycles. The van der Waals surface area contributed by atoms with Crippen molar-refractivity contribution in [2.75, 3.05) is 5.73 Å². The van der Waals surface area contributed by atoms with Gasteiger partial charge in [0.05, 0.1) is 34.1 Å². The number of carbonyl (C=O) groups excluding carboxylic acids is 1. The second-order valence-corrected chi connectivity index (χ2v) is 7.59. The number of rotatable bonds is 5. The predicted octanol–water partition coefficient (Wildman–Crippen LogP) is 4.43. The minimum absolute atomic E-state index is 0.0680. The van der Waals surface area contributed by atoms with Crippen molar-refractivity contribution in [2.45, 2.75) is 32.0 Å². The Morgan fingerprint density at radius 2 is 2.00 bits per heavy atom. The molecule has 31 heavy (non-hydrogen) atoms. The number of nitrogens with two attached hydrogens (primary N) is 1. The zero-order valence-corrected chi connectivity index (χ0v) is 16.9. The zero-order chi connectivity index (χ0) is 22.8. The topological polar surface area (TPSA) is 105 Å². The summed E-state index contributed by atoms with van der Waals surface area (Å²) in [6.45, 7) is 3.24. The highest BCUT2D eigenvalue weighted by Crippen LogP contribution is 2.35. The summed E-state index contributed by atoms with van der Waals surface area (Å²) in [6.07, 6.45) is -2.18. The molecule has 3 N–H and O–H groups in total. The lowest BCUT2D eigenvalue weighted by Crippen LogP contribution is -2.45. The van der Waals surface area contributed by atoms with Crippen molar-refractivity contribution in [3.63, 3.8) is 0 Å². The molecule has 2 unspecified atom stereocenters. The summed E-state index contributed by atoms with van der Waals surface area (Å²) in [5.41, 5.74) is 4.55. The molecule has 3 aromatic rings. The number of anilines is 1. The van der Waals surface area contributed by atoms with Crippen LogP contribution in [0.2, 0.25) is 0 Å². The van der Waals surface area contributed by atoms with Gasteiger partial charge in [0.2, 0.25) is 0 Å². The fourth-order valence-corrected chi connectivity index (χ4v) is 3.50. The molecule has 0 aliphatic heterocycles. The monoisotopic (exact) mass is 427 g/mol. The van der Waals surface area contributed by atoms with E-state index < -0.39 is 29.1 Å². The van der Waals surface area contributed by atoms with Gasteiger partial charge in [-0.1, -0.05) is 6.07 Å². The van der Waals surface area contributed by atoms with Crippen molar-refractivity contribution in [3.05, 3.63) is 65.6 Å². The Labute approximate surface area is 176 Å². The number of alkyl halides is 3. The third-order valence-electron chi connectivity index (χ3n) is 4.96. The number of halogens is 3. The van der Waals surface area contributed by atoms with E-state index in [1.807, 2.05) is 6.07 Å². The molecule has 0 saturated heterocycles. The van der Waals surface area contributed by atoms with Gasteiger partial charge in [-0.2, -0.15) is 18.4 Å². The summed E-state index contributed by atoms with van der Waals surface area (Å²) in [4.78, 5) is 21.2. The first-order valence-corrected chi connectivity index (χ1v) is 9.43. The summed E-state index contributed by atoms with van der Waals surface area (Å²) in [6, 6.07) is 11.4. The van der Waals surface area contributed by atoms with E-state index in [0.29, 0.717) is 17.3 Å². The second-order valence-electron chi connectivity index (χ2n) is 7.59. The third kappa shape index (κ3) is 4.74. The average Bonchev–Trinajstić information content (AvgIpc) is 2.72. The third-order valence-corrected chi connectivity index (χ3v) is 4.96. The molecule has 1 amide bonds. The van der Waals surface area contributed by atoms with Gasteiger partial charge < -0.3 is 11.1 Å². The fourth-order valence-electron chi connectivity index (χ4n) is 3.50. The van der Waals surface area contributed by atoms with Crippen molar-refractivity contribution < 1.29 is 18.0 Å². The molecule has 0 spiro atoms. The van der Waals surface area contributed by atoms with Crippen LogP contribution in [0.25, 0.3) is 10.9 Å². The number of aromatic nitrogens is 2. The Bertz CT molecular complexity index is 1170.